The lowest BCUT2D eigenvalue weighted by Gasteiger charge is -2.06. The van der Waals surface area contributed by atoms with Crippen molar-refractivity contribution in [2.45, 2.75) is 6.92 Å². The summed E-state index contributed by atoms with van der Waals surface area (Å²) in [6, 6.07) is 10.9. The fraction of sp³-hybridized carbons (Fsp3) is 0.0769. The molecule has 0 bridgehead atoms. The van der Waals surface area contributed by atoms with Crippen LogP contribution < -0.4 is 16.8 Å². The number of nitrogens with one attached hydrogen (secondary N) is 1. The number of rotatable bonds is 2. The lowest BCUT2D eigenvalue weighted by atomic mass is 10.1. The summed E-state index contributed by atoms with van der Waals surface area (Å²) in [7, 11) is 0. The number of hydrogen-bond acceptors (Lipinski definition) is 4. The molecular weight excluding hydrogens is 228 g/mol. The molecule has 0 saturated carbocycles. The van der Waals surface area contributed by atoms with Crippen molar-refractivity contribution in [3.05, 3.63) is 36.4 Å². The molecule has 0 aliphatic heterocycles. The number of anilines is 3. The Hall–Kier alpha value is -2.56. The molecule has 0 atom stereocenters. The third-order valence-electron chi connectivity index (χ3n) is 2.40. The molecule has 0 aliphatic rings. The smallest absolute Gasteiger partial charge is 0.221 e. The zero-order chi connectivity index (χ0) is 13.1. The van der Waals surface area contributed by atoms with Gasteiger partial charge in [-0.2, -0.15) is 0 Å². The van der Waals surface area contributed by atoms with Crippen molar-refractivity contribution in [1.29, 1.82) is 0 Å². The summed E-state index contributed by atoms with van der Waals surface area (Å²) in [5, 5.41) is 2.71. The summed E-state index contributed by atoms with van der Waals surface area (Å²) in [6.07, 6.45) is 0. The normalized spacial score (nSPS) is 10.1. The number of carbonyl (C=O) groups is 1. The summed E-state index contributed by atoms with van der Waals surface area (Å²) in [5.41, 5.74) is 13.9. The van der Waals surface area contributed by atoms with Gasteiger partial charge in [0.25, 0.3) is 0 Å². The Morgan fingerprint density at radius 1 is 1.06 bits per heavy atom. The molecule has 2 rings (SSSR count). The Balaban J connectivity index is 2.31. The van der Waals surface area contributed by atoms with E-state index in [9.17, 15) is 4.79 Å². The van der Waals surface area contributed by atoms with Gasteiger partial charge < -0.3 is 16.8 Å². The number of benzene rings is 1. The SMILES string of the molecule is CC(=O)Nc1ccc(-c2cc(N)nc(N)c2)cc1. The highest BCUT2D eigenvalue weighted by molar-refractivity contribution is 5.89. The Morgan fingerprint density at radius 3 is 2.11 bits per heavy atom. The van der Waals surface area contributed by atoms with Crippen molar-refractivity contribution in [2.75, 3.05) is 16.8 Å². The van der Waals surface area contributed by atoms with Gasteiger partial charge in [-0.3, -0.25) is 4.79 Å². The number of amides is 1. The van der Waals surface area contributed by atoms with E-state index in [1.165, 1.54) is 6.92 Å². The van der Waals surface area contributed by atoms with Crippen molar-refractivity contribution >= 4 is 23.2 Å². The molecule has 0 fully saturated rings. The van der Waals surface area contributed by atoms with Gasteiger partial charge in [0, 0.05) is 12.6 Å². The highest BCUT2D eigenvalue weighted by Crippen LogP contribution is 2.24. The highest BCUT2D eigenvalue weighted by Gasteiger charge is 2.02. The molecule has 1 heterocycles. The molecule has 2 aromatic rings. The summed E-state index contributed by atoms with van der Waals surface area (Å²) < 4.78 is 0. The van der Waals surface area contributed by atoms with E-state index in [1.54, 1.807) is 12.1 Å². The van der Waals surface area contributed by atoms with Crippen LogP contribution in [0.3, 0.4) is 0 Å². The standard InChI is InChI=1S/C13H14N4O/c1-8(18)16-11-4-2-9(3-5-11)10-6-12(14)17-13(15)7-10/h2-7H,1H3,(H,16,18)(H4,14,15,17). The first-order valence-electron chi connectivity index (χ1n) is 5.45. The molecule has 5 N–H and O–H groups in total. The fourth-order valence-corrected chi connectivity index (χ4v) is 1.69. The van der Waals surface area contributed by atoms with Crippen molar-refractivity contribution in [1.82, 2.24) is 4.98 Å². The molecule has 5 heteroatoms. The zero-order valence-electron chi connectivity index (χ0n) is 9.97. The van der Waals surface area contributed by atoms with Crippen LogP contribution in [-0.4, -0.2) is 10.9 Å². The quantitative estimate of drug-likeness (QED) is 0.749. The number of hydrogen-bond donors (Lipinski definition) is 3. The van der Waals surface area contributed by atoms with Crippen LogP contribution in [0.2, 0.25) is 0 Å². The zero-order valence-corrected chi connectivity index (χ0v) is 9.97. The van der Waals surface area contributed by atoms with E-state index in [1.807, 2.05) is 24.3 Å². The van der Waals surface area contributed by atoms with Gasteiger partial charge in [-0.1, -0.05) is 12.1 Å². The molecule has 0 saturated heterocycles. The number of carbonyl (C=O) groups excluding carboxylic acids is 1. The molecule has 5 nitrogen and oxygen atoms in total. The number of nitrogen functional groups attached to an aromatic ring is 2. The van der Waals surface area contributed by atoms with Crippen LogP contribution in [0.15, 0.2) is 36.4 Å². The third-order valence-corrected chi connectivity index (χ3v) is 2.40. The number of pyridine rings is 1. The molecule has 18 heavy (non-hydrogen) atoms. The van der Waals surface area contributed by atoms with E-state index in [-0.39, 0.29) is 5.91 Å². The van der Waals surface area contributed by atoms with Crippen LogP contribution in [0.1, 0.15) is 6.92 Å². The predicted octanol–water partition coefficient (Wildman–Crippen LogP) is 1.87. The first kappa shape index (κ1) is 11.9. The van der Waals surface area contributed by atoms with Gasteiger partial charge in [0.05, 0.1) is 0 Å². The van der Waals surface area contributed by atoms with Gasteiger partial charge in [0.2, 0.25) is 5.91 Å². The molecule has 0 spiro atoms. The lowest BCUT2D eigenvalue weighted by molar-refractivity contribution is -0.114. The second kappa shape index (κ2) is 4.75. The molecular formula is C13H14N4O. The van der Waals surface area contributed by atoms with Gasteiger partial charge >= 0.3 is 0 Å². The lowest BCUT2D eigenvalue weighted by Crippen LogP contribution is -2.05. The Morgan fingerprint density at radius 2 is 1.61 bits per heavy atom. The summed E-state index contributed by atoms with van der Waals surface area (Å²) >= 11 is 0. The topological polar surface area (TPSA) is 94.0 Å². The van der Waals surface area contributed by atoms with E-state index in [0.717, 1.165) is 16.8 Å². The van der Waals surface area contributed by atoms with Crippen LogP contribution in [0.4, 0.5) is 17.3 Å². The average Bonchev–Trinajstić information content (AvgIpc) is 2.27. The molecule has 1 amide bonds. The fourth-order valence-electron chi connectivity index (χ4n) is 1.69. The van der Waals surface area contributed by atoms with Gasteiger partial charge in [0.1, 0.15) is 11.6 Å². The average molecular weight is 242 g/mol. The maximum absolute atomic E-state index is 10.9. The maximum Gasteiger partial charge on any atom is 0.221 e. The first-order chi connectivity index (χ1) is 8.54. The van der Waals surface area contributed by atoms with Crippen molar-refractivity contribution in [3.8, 4) is 11.1 Å². The summed E-state index contributed by atoms with van der Waals surface area (Å²) in [6.45, 7) is 1.47. The monoisotopic (exact) mass is 242 g/mol. The van der Waals surface area contributed by atoms with Crippen LogP contribution >= 0.6 is 0 Å². The largest absolute Gasteiger partial charge is 0.384 e. The minimum absolute atomic E-state index is 0.0971. The van der Waals surface area contributed by atoms with E-state index >= 15 is 0 Å². The van der Waals surface area contributed by atoms with Crippen LogP contribution in [-0.2, 0) is 4.79 Å². The minimum Gasteiger partial charge on any atom is -0.384 e. The van der Waals surface area contributed by atoms with Crippen LogP contribution in [0, 0.1) is 0 Å². The molecule has 1 aromatic heterocycles. The van der Waals surface area contributed by atoms with E-state index in [0.29, 0.717) is 11.6 Å². The first-order valence-corrected chi connectivity index (χ1v) is 5.45. The number of nitrogens with two attached hydrogens (primary N) is 2. The number of nitrogens with zero attached hydrogens (tertiary/aromatic N) is 1. The minimum atomic E-state index is -0.0971. The summed E-state index contributed by atoms with van der Waals surface area (Å²) in [4.78, 5) is 14.8. The second-order valence-electron chi connectivity index (χ2n) is 3.96. The maximum atomic E-state index is 10.9. The summed E-state index contributed by atoms with van der Waals surface area (Å²) in [5.74, 6) is 0.673. The predicted molar refractivity (Wildman–Crippen MR) is 72.8 cm³/mol. The molecule has 1 aromatic carbocycles. The third kappa shape index (κ3) is 2.76. The number of aromatic nitrogens is 1. The highest BCUT2D eigenvalue weighted by atomic mass is 16.1. The van der Waals surface area contributed by atoms with Crippen molar-refractivity contribution in [3.63, 3.8) is 0 Å². The van der Waals surface area contributed by atoms with Gasteiger partial charge in [-0.15, -0.1) is 0 Å². The van der Waals surface area contributed by atoms with Gasteiger partial charge in [-0.05, 0) is 35.4 Å². The van der Waals surface area contributed by atoms with Crippen LogP contribution in [0.25, 0.3) is 11.1 Å². The Labute approximate surface area is 105 Å². The second-order valence-corrected chi connectivity index (χ2v) is 3.96. The van der Waals surface area contributed by atoms with Gasteiger partial charge in [0.15, 0.2) is 0 Å². The molecule has 0 radical (unpaired) electrons. The molecule has 0 unspecified atom stereocenters. The molecule has 0 aliphatic carbocycles. The van der Waals surface area contributed by atoms with Crippen LogP contribution in [0.5, 0.6) is 0 Å². The van der Waals surface area contributed by atoms with E-state index in [4.69, 9.17) is 11.5 Å². The Kier molecular flexibility index (Phi) is 3.14. The van der Waals surface area contributed by atoms with Gasteiger partial charge in [-0.25, -0.2) is 4.98 Å². The molecule has 92 valence electrons. The Bertz CT molecular complexity index is 558. The van der Waals surface area contributed by atoms with Crippen molar-refractivity contribution < 1.29 is 4.79 Å². The van der Waals surface area contributed by atoms with Crippen molar-refractivity contribution in [2.24, 2.45) is 0 Å². The van der Waals surface area contributed by atoms with E-state index < -0.39 is 0 Å². The van der Waals surface area contributed by atoms with E-state index in [2.05, 4.69) is 10.3 Å².